The van der Waals surface area contributed by atoms with Gasteiger partial charge in [-0.25, -0.2) is 14.8 Å². The van der Waals surface area contributed by atoms with Crippen LogP contribution in [-0.2, 0) is 11.3 Å². The first kappa shape index (κ1) is 21.1. The van der Waals surface area contributed by atoms with Crippen molar-refractivity contribution in [3.05, 3.63) is 60.4 Å². The number of rotatable bonds is 9. The van der Waals surface area contributed by atoms with Crippen molar-refractivity contribution in [2.45, 2.75) is 25.3 Å². The first-order chi connectivity index (χ1) is 16.2. The van der Waals surface area contributed by atoms with Crippen molar-refractivity contribution < 1.29 is 18.8 Å². The Kier molecular flexibility index (Phi) is 6.01. The summed E-state index contributed by atoms with van der Waals surface area (Å²) in [5.41, 5.74) is 1.56. The van der Waals surface area contributed by atoms with Gasteiger partial charge in [0.15, 0.2) is 5.82 Å². The molecule has 2 N–H and O–H groups in total. The number of ether oxygens (including phenoxy) is 2. The van der Waals surface area contributed by atoms with Gasteiger partial charge in [-0.15, -0.1) is 0 Å². The standard InChI is InChI=1S/C23H24N6O4/c1-31-9-7-24-13-17-11-22(26-14-25-17)32-18-4-5-19-16(10-18)6-8-29(19)23(30)27-21-12-20(33-28-21)15-2-3-15/h4-6,8,10-12,14-15,24H,2-3,7,9,13H2,1H3,(H,27,28,30). The van der Waals surface area contributed by atoms with Crippen LogP contribution in [0.25, 0.3) is 10.9 Å². The second kappa shape index (κ2) is 9.39. The summed E-state index contributed by atoms with van der Waals surface area (Å²) in [6, 6.07) is 10.6. The van der Waals surface area contributed by atoms with Gasteiger partial charge in [0.2, 0.25) is 5.88 Å². The predicted molar refractivity (Wildman–Crippen MR) is 121 cm³/mol. The molecule has 0 bridgehead atoms. The minimum absolute atomic E-state index is 0.310. The van der Waals surface area contributed by atoms with Crippen molar-refractivity contribution >= 4 is 22.8 Å². The molecule has 0 unspecified atom stereocenters. The SMILES string of the molecule is COCCNCc1cc(Oc2ccc3c(ccn3C(=O)Nc3cc(C4CC4)on3)c2)ncn1. The summed E-state index contributed by atoms with van der Waals surface area (Å²) in [6.45, 7) is 1.95. The molecule has 5 rings (SSSR count). The Balaban J connectivity index is 1.25. The molecule has 3 aromatic heterocycles. The van der Waals surface area contributed by atoms with Gasteiger partial charge in [-0.3, -0.25) is 9.88 Å². The van der Waals surface area contributed by atoms with Crippen LogP contribution in [0.4, 0.5) is 10.6 Å². The number of aromatic nitrogens is 4. The summed E-state index contributed by atoms with van der Waals surface area (Å²) in [7, 11) is 1.66. The fourth-order valence-electron chi connectivity index (χ4n) is 3.48. The molecule has 0 spiro atoms. The number of hydrogen-bond acceptors (Lipinski definition) is 8. The largest absolute Gasteiger partial charge is 0.439 e. The van der Waals surface area contributed by atoms with Crippen LogP contribution in [0.2, 0.25) is 0 Å². The summed E-state index contributed by atoms with van der Waals surface area (Å²) in [5.74, 6) is 2.74. The first-order valence-electron chi connectivity index (χ1n) is 10.8. The van der Waals surface area contributed by atoms with E-state index in [-0.39, 0.29) is 6.03 Å². The number of carbonyl (C=O) groups excluding carboxylic acids is 1. The lowest BCUT2D eigenvalue weighted by Gasteiger charge is -2.08. The zero-order valence-corrected chi connectivity index (χ0v) is 18.2. The molecule has 0 aliphatic heterocycles. The minimum Gasteiger partial charge on any atom is -0.439 e. The van der Waals surface area contributed by atoms with E-state index < -0.39 is 0 Å². The molecular formula is C23H24N6O4. The Morgan fingerprint density at radius 3 is 2.97 bits per heavy atom. The predicted octanol–water partition coefficient (Wildman–Crippen LogP) is 3.91. The van der Waals surface area contributed by atoms with Crippen LogP contribution in [-0.4, -0.2) is 46.0 Å². The van der Waals surface area contributed by atoms with E-state index in [4.69, 9.17) is 14.0 Å². The topological polar surface area (TPSA) is 116 Å². The Morgan fingerprint density at radius 2 is 2.12 bits per heavy atom. The molecule has 1 aromatic carbocycles. The molecule has 1 saturated carbocycles. The maximum Gasteiger partial charge on any atom is 0.331 e. The molecule has 1 fully saturated rings. The molecule has 1 aliphatic rings. The lowest BCUT2D eigenvalue weighted by Crippen LogP contribution is -2.19. The number of methoxy groups -OCH3 is 1. The zero-order valence-electron chi connectivity index (χ0n) is 18.2. The van der Waals surface area contributed by atoms with Gasteiger partial charge in [0, 0.05) is 49.8 Å². The maximum atomic E-state index is 12.7. The molecule has 3 heterocycles. The highest BCUT2D eigenvalue weighted by molar-refractivity contribution is 5.98. The molecule has 0 radical (unpaired) electrons. The summed E-state index contributed by atoms with van der Waals surface area (Å²) in [4.78, 5) is 21.2. The van der Waals surface area contributed by atoms with Crippen LogP contribution in [0, 0.1) is 0 Å². The smallest absolute Gasteiger partial charge is 0.331 e. The van der Waals surface area contributed by atoms with Crippen molar-refractivity contribution in [3.63, 3.8) is 0 Å². The van der Waals surface area contributed by atoms with E-state index in [2.05, 4.69) is 25.8 Å². The van der Waals surface area contributed by atoms with Crippen LogP contribution in [0.5, 0.6) is 11.6 Å². The van der Waals surface area contributed by atoms with Crippen molar-refractivity contribution in [1.29, 1.82) is 0 Å². The average molecular weight is 448 g/mol. The third-order valence-corrected chi connectivity index (χ3v) is 5.33. The average Bonchev–Trinajstić information content (AvgIpc) is 3.42. The second-order valence-electron chi connectivity index (χ2n) is 7.84. The van der Waals surface area contributed by atoms with E-state index in [1.54, 1.807) is 31.5 Å². The number of benzene rings is 1. The van der Waals surface area contributed by atoms with Crippen LogP contribution < -0.4 is 15.4 Å². The van der Waals surface area contributed by atoms with Gasteiger partial charge in [-0.2, -0.15) is 0 Å². The van der Waals surface area contributed by atoms with Gasteiger partial charge in [-0.1, -0.05) is 5.16 Å². The molecule has 10 nitrogen and oxygen atoms in total. The van der Waals surface area contributed by atoms with Gasteiger partial charge in [0.1, 0.15) is 17.8 Å². The molecule has 1 amide bonds. The van der Waals surface area contributed by atoms with Gasteiger partial charge < -0.3 is 19.3 Å². The lowest BCUT2D eigenvalue weighted by molar-refractivity contribution is 0.199. The normalized spacial score (nSPS) is 13.4. The first-order valence-corrected chi connectivity index (χ1v) is 10.8. The number of nitrogens with one attached hydrogen (secondary N) is 2. The molecule has 10 heteroatoms. The summed E-state index contributed by atoms with van der Waals surface area (Å²) in [5, 5.41) is 10.8. The minimum atomic E-state index is -0.310. The van der Waals surface area contributed by atoms with Crippen molar-refractivity contribution in [3.8, 4) is 11.6 Å². The summed E-state index contributed by atoms with van der Waals surface area (Å²) in [6.07, 6.45) is 5.40. The fourth-order valence-corrected chi connectivity index (χ4v) is 3.48. The summed E-state index contributed by atoms with van der Waals surface area (Å²) < 4.78 is 17.8. The van der Waals surface area contributed by atoms with E-state index in [0.717, 1.165) is 41.7 Å². The molecule has 33 heavy (non-hydrogen) atoms. The van der Waals surface area contributed by atoms with Crippen molar-refractivity contribution in [2.24, 2.45) is 0 Å². The Labute approximate surface area is 189 Å². The maximum absolute atomic E-state index is 12.7. The lowest BCUT2D eigenvalue weighted by atomic mass is 10.2. The van der Waals surface area contributed by atoms with Crippen molar-refractivity contribution in [2.75, 3.05) is 25.6 Å². The third kappa shape index (κ3) is 5.02. The van der Waals surface area contributed by atoms with E-state index in [9.17, 15) is 4.79 Å². The van der Waals surface area contributed by atoms with Crippen LogP contribution in [0.15, 0.2) is 53.4 Å². The van der Waals surface area contributed by atoms with E-state index in [1.165, 1.54) is 10.9 Å². The van der Waals surface area contributed by atoms with E-state index in [0.29, 0.717) is 36.5 Å². The molecule has 1 aliphatic carbocycles. The molecule has 170 valence electrons. The van der Waals surface area contributed by atoms with Gasteiger partial charge in [-0.05, 0) is 37.1 Å². The highest BCUT2D eigenvalue weighted by Gasteiger charge is 2.28. The molecular weight excluding hydrogens is 424 g/mol. The van der Waals surface area contributed by atoms with Gasteiger partial charge in [0.05, 0.1) is 17.8 Å². The van der Waals surface area contributed by atoms with Gasteiger partial charge >= 0.3 is 6.03 Å². The van der Waals surface area contributed by atoms with Crippen molar-refractivity contribution in [1.82, 2.24) is 25.0 Å². The van der Waals surface area contributed by atoms with E-state index in [1.807, 2.05) is 18.2 Å². The number of amides is 1. The number of fused-ring (bicyclic) bond motifs is 1. The number of nitrogens with zero attached hydrogens (tertiary/aromatic N) is 4. The quantitative estimate of drug-likeness (QED) is 0.370. The Morgan fingerprint density at radius 1 is 1.21 bits per heavy atom. The van der Waals surface area contributed by atoms with Gasteiger partial charge in [0.25, 0.3) is 0 Å². The number of hydrogen-bond donors (Lipinski definition) is 2. The molecule has 0 saturated heterocycles. The highest BCUT2D eigenvalue weighted by atomic mass is 16.5. The fraction of sp³-hybridized carbons (Fsp3) is 0.304. The highest BCUT2D eigenvalue weighted by Crippen LogP contribution is 2.40. The monoisotopic (exact) mass is 448 g/mol. The van der Waals surface area contributed by atoms with Crippen LogP contribution >= 0.6 is 0 Å². The molecule has 4 aromatic rings. The number of anilines is 1. The Bertz CT molecular complexity index is 1260. The molecule has 0 atom stereocenters. The zero-order chi connectivity index (χ0) is 22.6. The third-order valence-electron chi connectivity index (χ3n) is 5.33. The van der Waals surface area contributed by atoms with Crippen LogP contribution in [0.3, 0.4) is 0 Å². The van der Waals surface area contributed by atoms with E-state index >= 15 is 0 Å². The Hall–Kier alpha value is -3.76. The second-order valence-corrected chi connectivity index (χ2v) is 7.84. The van der Waals surface area contributed by atoms with Crippen LogP contribution in [0.1, 0.15) is 30.2 Å². The summed E-state index contributed by atoms with van der Waals surface area (Å²) >= 11 is 0. The number of carbonyl (C=O) groups is 1.